The molecule has 3 heterocycles. The first-order valence-electron chi connectivity index (χ1n) is 5.77. The second kappa shape index (κ2) is 4.00. The molecule has 98 valence electrons. The molecule has 3 rings (SSSR count). The van der Waals surface area contributed by atoms with Gasteiger partial charge in [0.2, 0.25) is 0 Å². The maximum Gasteiger partial charge on any atom is 0.196 e. The molecule has 2 N–H and O–H groups in total. The minimum Gasteiger partial charge on any atom is -0.315 e. The van der Waals surface area contributed by atoms with Gasteiger partial charge < -0.3 is 5.32 Å². The van der Waals surface area contributed by atoms with Gasteiger partial charge in [0.25, 0.3) is 0 Å². The lowest BCUT2D eigenvalue weighted by Crippen LogP contribution is -2.77. The standard InChI is InChI=1S/C11H14BrN3O2S/c1-7-8(2-3-9(12)15-7)18(16,17)10-11(6-14-10)4-13-5-11/h2-3,10,13-14H,4-6H2,1H3. The molecule has 5 nitrogen and oxygen atoms in total. The Hall–Kier alpha value is -0.500. The number of rotatable bonds is 2. The predicted molar refractivity (Wildman–Crippen MR) is 71.0 cm³/mol. The summed E-state index contributed by atoms with van der Waals surface area (Å²) in [7, 11) is -3.35. The molecule has 1 aromatic heterocycles. The zero-order valence-corrected chi connectivity index (χ0v) is 12.3. The van der Waals surface area contributed by atoms with Crippen LogP contribution in [0.3, 0.4) is 0 Å². The van der Waals surface area contributed by atoms with Crippen LogP contribution in [0.15, 0.2) is 21.6 Å². The van der Waals surface area contributed by atoms with Crippen LogP contribution in [0, 0.1) is 12.3 Å². The largest absolute Gasteiger partial charge is 0.315 e. The Morgan fingerprint density at radius 3 is 2.56 bits per heavy atom. The van der Waals surface area contributed by atoms with Crippen molar-refractivity contribution in [1.29, 1.82) is 0 Å². The van der Waals surface area contributed by atoms with Gasteiger partial charge in [-0.3, -0.25) is 5.32 Å². The van der Waals surface area contributed by atoms with Gasteiger partial charge in [0.05, 0.1) is 10.6 Å². The van der Waals surface area contributed by atoms with Gasteiger partial charge >= 0.3 is 0 Å². The summed E-state index contributed by atoms with van der Waals surface area (Å²) < 4.78 is 25.9. The van der Waals surface area contributed by atoms with E-state index in [-0.39, 0.29) is 5.41 Å². The topological polar surface area (TPSA) is 71.1 Å². The smallest absolute Gasteiger partial charge is 0.196 e. The summed E-state index contributed by atoms with van der Waals surface area (Å²) in [5.74, 6) is 0. The number of nitrogens with zero attached hydrogens (tertiary/aromatic N) is 1. The number of hydrogen-bond acceptors (Lipinski definition) is 5. The van der Waals surface area contributed by atoms with E-state index in [1.54, 1.807) is 19.1 Å². The summed E-state index contributed by atoms with van der Waals surface area (Å²) >= 11 is 3.25. The van der Waals surface area contributed by atoms with Gasteiger partial charge in [-0.1, -0.05) is 0 Å². The molecule has 1 spiro atoms. The highest BCUT2D eigenvalue weighted by molar-refractivity contribution is 9.10. The van der Waals surface area contributed by atoms with E-state index in [4.69, 9.17) is 0 Å². The van der Waals surface area contributed by atoms with Crippen LogP contribution in [0.2, 0.25) is 0 Å². The Bertz CT molecular complexity index is 593. The van der Waals surface area contributed by atoms with Gasteiger partial charge in [-0.15, -0.1) is 0 Å². The van der Waals surface area contributed by atoms with Crippen molar-refractivity contribution in [2.45, 2.75) is 17.2 Å². The average Bonchev–Trinajstić information content (AvgIpc) is 2.11. The Balaban J connectivity index is 2.00. The highest BCUT2D eigenvalue weighted by atomic mass is 79.9. The lowest BCUT2D eigenvalue weighted by atomic mass is 9.76. The molecule has 2 aliphatic rings. The maximum absolute atomic E-state index is 12.6. The SMILES string of the molecule is Cc1nc(Br)ccc1S(=O)(=O)C1NCC12CNC2. The van der Waals surface area contributed by atoms with Crippen molar-refractivity contribution < 1.29 is 8.42 Å². The summed E-state index contributed by atoms with van der Waals surface area (Å²) in [6, 6.07) is 3.30. The van der Waals surface area contributed by atoms with Crippen molar-refractivity contribution >= 4 is 25.8 Å². The minimum atomic E-state index is -3.35. The fraction of sp³-hybridized carbons (Fsp3) is 0.545. The number of sulfone groups is 1. The quantitative estimate of drug-likeness (QED) is 0.770. The molecule has 7 heteroatoms. The van der Waals surface area contributed by atoms with E-state index in [0.717, 1.165) is 19.6 Å². The Morgan fingerprint density at radius 1 is 1.39 bits per heavy atom. The van der Waals surface area contributed by atoms with Crippen LogP contribution in [-0.2, 0) is 9.84 Å². The zero-order valence-electron chi connectivity index (χ0n) is 9.90. The van der Waals surface area contributed by atoms with Crippen molar-refractivity contribution in [3.63, 3.8) is 0 Å². The summed E-state index contributed by atoms with van der Waals surface area (Å²) in [5.41, 5.74) is 0.429. The van der Waals surface area contributed by atoms with Gasteiger partial charge in [-0.25, -0.2) is 13.4 Å². The van der Waals surface area contributed by atoms with Gasteiger partial charge in [0.1, 0.15) is 9.98 Å². The number of halogens is 1. The van der Waals surface area contributed by atoms with Crippen LogP contribution in [0.25, 0.3) is 0 Å². The van der Waals surface area contributed by atoms with E-state index >= 15 is 0 Å². The molecule has 0 bridgehead atoms. The van der Waals surface area contributed by atoms with E-state index in [0.29, 0.717) is 15.2 Å². The molecular formula is C11H14BrN3O2S. The van der Waals surface area contributed by atoms with Crippen LogP contribution >= 0.6 is 15.9 Å². The molecule has 2 fully saturated rings. The molecule has 0 aromatic carbocycles. The molecule has 2 aliphatic heterocycles. The third-order valence-corrected chi connectivity index (χ3v) is 6.54. The van der Waals surface area contributed by atoms with Crippen LogP contribution in [0.1, 0.15) is 5.69 Å². The van der Waals surface area contributed by atoms with Gasteiger partial charge in [0.15, 0.2) is 9.84 Å². The van der Waals surface area contributed by atoms with Crippen molar-refractivity contribution in [3.05, 3.63) is 22.4 Å². The molecule has 1 unspecified atom stereocenters. The lowest BCUT2D eigenvalue weighted by molar-refractivity contribution is 0.0641. The Labute approximate surface area is 114 Å². The average molecular weight is 332 g/mol. The van der Waals surface area contributed by atoms with Crippen LogP contribution in [-0.4, -0.2) is 38.4 Å². The molecule has 18 heavy (non-hydrogen) atoms. The van der Waals surface area contributed by atoms with Crippen molar-refractivity contribution in [3.8, 4) is 0 Å². The van der Waals surface area contributed by atoms with Gasteiger partial charge in [-0.2, -0.15) is 0 Å². The number of hydrogen-bond donors (Lipinski definition) is 2. The first-order valence-corrected chi connectivity index (χ1v) is 8.11. The molecule has 1 aromatic rings. The molecule has 0 amide bonds. The summed E-state index contributed by atoms with van der Waals surface area (Å²) in [4.78, 5) is 4.49. The van der Waals surface area contributed by atoms with E-state index in [1.165, 1.54) is 0 Å². The molecule has 2 saturated heterocycles. The van der Waals surface area contributed by atoms with E-state index in [1.807, 2.05) is 0 Å². The lowest BCUT2D eigenvalue weighted by Gasteiger charge is -2.55. The van der Waals surface area contributed by atoms with Crippen molar-refractivity contribution in [2.75, 3.05) is 19.6 Å². The predicted octanol–water partition coefficient (Wildman–Crippen LogP) is 0.445. The molecule has 1 atom stereocenters. The molecule has 0 aliphatic carbocycles. The third-order valence-electron chi connectivity index (χ3n) is 3.77. The highest BCUT2D eigenvalue weighted by Gasteiger charge is 2.57. The van der Waals surface area contributed by atoms with Crippen LogP contribution in [0.5, 0.6) is 0 Å². The van der Waals surface area contributed by atoms with E-state index in [2.05, 4.69) is 31.5 Å². The molecule has 0 saturated carbocycles. The van der Waals surface area contributed by atoms with Crippen LogP contribution < -0.4 is 10.6 Å². The number of nitrogens with one attached hydrogen (secondary N) is 2. The molecular weight excluding hydrogens is 318 g/mol. The molecule has 0 radical (unpaired) electrons. The number of aryl methyl sites for hydroxylation is 1. The second-order valence-electron chi connectivity index (χ2n) is 4.99. The Morgan fingerprint density at radius 2 is 2.11 bits per heavy atom. The fourth-order valence-electron chi connectivity index (χ4n) is 2.61. The summed E-state index contributed by atoms with van der Waals surface area (Å²) in [5, 5.41) is 5.73. The van der Waals surface area contributed by atoms with Gasteiger partial charge in [0, 0.05) is 25.0 Å². The van der Waals surface area contributed by atoms with E-state index < -0.39 is 15.2 Å². The second-order valence-corrected chi connectivity index (χ2v) is 7.80. The van der Waals surface area contributed by atoms with Gasteiger partial charge in [-0.05, 0) is 35.0 Å². The highest BCUT2D eigenvalue weighted by Crippen LogP contribution is 2.39. The fourth-order valence-corrected chi connectivity index (χ4v) is 5.19. The Kier molecular flexibility index (Phi) is 2.78. The van der Waals surface area contributed by atoms with E-state index in [9.17, 15) is 8.42 Å². The maximum atomic E-state index is 12.6. The first-order chi connectivity index (χ1) is 8.46. The van der Waals surface area contributed by atoms with Crippen molar-refractivity contribution in [1.82, 2.24) is 15.6 Å². The monoisotopic (exact) mass is 331 g/mol. The normalized spacial score (nSPS) is 25.6. The summed E-state index contributed by atoms with van der Waals surface area (Å²) in [6.45, 7) is 4.04. The number of pyridine rings is 1. The first kappa shape index (κ1) is 12.5. The number of aromatic nitrogens is 1. The summed E-state index contributed by atoms with van der Waals surface area (Å²) in [6.07, 6.45) is 0. The zero-order chi connectivity index (χ0) is 13.0. The third kappa shape index (κ3) is 1.65. The van der Waals surface area contributed by atoms with Crippen molar-refractivity contribution in [2.24, 2.45) is 5.41 Å². The minimum absolute atomic E-state index is 0.113. The van der Waals surface area contributed by atoms with Crippen LogP contribution in [0.4, 0.5) is 0 Å².